The third kappa shape index (κ3) is 2.38. The number of nitrogens with zero attached hydrogens (tertiary/aromatic N) is 1. The first-order valence-electron chi connectivity index (χ1n) is 4.75. The summed E-state index contributed by atoms with van der Waals surface area (Å²) in [6, 6.07) is 0.958. The average Bonchev–Trinajstić information content (AvgIpc) is 2.51. The molecule has 0 aromatic carbocycles. The van der Waals surface area contributed by atoms with Crippen molar-refractivity contribution in [3.63, 3.8) is 0 Å². The van der Waals surface area contributed by atoms with Crippen LogP contribution in [0.15, 0.2) is 0 Å². The molecule has 0 amide bonds. The van der Waals surface area contributed by atoms with E-state index < -0.39 is 0 Å². The van der Waals surface area contributed by atoms with E-state index in [1.807, 2.05) is 0 Å². The number of hydrogen-bond acceptors (Lipinski definition) is 3. The molecule has 1 heterocycles. The van der Waals surface area contributed by atoms with Crippen molar-refractivity contribution in [2.24, 2.45) is 11.7 Å². The van der Waals surface area contributed by atoms with E-state index in [4.69, 9.17) is 5.73 Å². The fraction of sp³-hybridized carbons (Fsp3) is 1.00. The number of rotatable bonds is 3. The summed E-state index contributed by atoms with van der Waals surface area (Å²) in [6.45, 7) is 6.87. The second kappa shape index (κ2) is 4.49. The lowest BCUT2D eigenvalue weighted by molar-refractivity contribution is 0.260. The topological polar surface area (TPSA) is 29.3 Å². The third-order valence-electron chi connectivity index (χ3n) is 2.80. The average molecular weight is 188 g/mol. The molecule has 2 N–H and O–H groups in total. The van der Waals surface area contributed by atoms with E-state index in [1.54, 1.807) is 0 Å². The van der Waals surface area contributed by atoms with Gasteiger partial charge in [-0.15, -0.1) is 0 Å². The lowest BCUT2D eigenvalue weighted by atomic mass is 10.0. The van der Waals surface area contributed by atoms with Crippen LogP contribution < -0.4 is 5.73 Å². The molecular formula is C9H20N2S. The van der Waals surface area contributed by atoms with Crippen LogP contribution in [0.4, 0.5) is 0 Å². The minimum Gasteiger partial charge on any atom is -0.327 e. The van der Waals surface area contributed by atoms with Gasteiger partial charge in [-0.05, 0) is 32.7 Å². The van der Waals surface area contributed by atoms with E-state index in [0.29, 0.717) is 12.0 Å². The van der Waals surface area contributed by atoms with Crippen LogP contribution in [-0.2, 0) is 0 Å². The van der Waals surface area contributed by atoms with Crippen LogP contribution in [0.25, 0.3) is 0 Å². The van der Waals surface area contributed by atoms with Crippen LogP contribution in [0, 0.1) is 5.92 Å². The SMILES string of the molecule is CC(C)N1CCC(C(N)CS)C1. The van der Waals surface area contributed by atoms with Gasteiger partial charge in [0.2, 0.25) is 0 Å². The van der Waals surface area contributed by atoms with E-state index in [0.717, 1.165) is 5.75 Å². The molecule has 0 aromatic heterocycles. The van der Waals surface area contributed by atoms with Crippen LogP contribution in [0.2, 0.25) is 0 Å². The zero-order valence-electron chi connectivity index (χ0n) is 8.03. The minimum atomic E-state index is 0.289. The molecule has 2 nitrogen and oxygen atoms in total. The first-order valence-corrected chi connectivity index (χ1v) is 5.39. The Morgan fingerprint density at radius 3 is 2.67 bits per heavy atom. The van der Waals surface area contributed by atoms with Gasteiger partial charge in [-0.3, -0.25) is 0 Å². The lowest BCUT2D eigenvalue weighted by Crippen LogP contribution is -2.35. The van der Waals surface area contributed by atoms with Gasteiger partial charge in [-0.2, -0.15) is 12.6 Å². The molecule has 12 heavy (non-hydrogen) atoms. The van der Waals surface area contributed by atoms with Gasteiger partial charge in [-0.1, -0.05) is 0 Å². The van der Waals surface area contributed by atoms with Crippen LogP contribution in [0.1, 0.15) is 20.3 Å². The first-order chi connectivity index (χ1) is 5.65. The maximum absolute atomic E-state index is 5.94. The molecule has 0 radical (unpaired) electrons. The molecule has 0 bridgehead atoms. The Hall–Kier alpha value is 0.270. The van der Waals surface area contributed by atoms with Crippen molar-refractivity contribution in [3.8, 4) is 0 Å². The molecule has 2 atom stereocenters. The Kier molecular flexibility index (Phi) is 3.87. The summed E-state index contributed by atoms with van der Waals surface area (Å²) in [5.74, 6) is 1.49. The normalized spacial score (nSPS) is 28.2. The largest absolute Gasteiger partial charge is 0.327 e. The third-order valence-corrected chi connectivity index (χ3v) is 3.22. The highest BCUT2D eigenvalue weighted by atomic mass is 32.1. The zero-order valence-corrected chi connectivity index (χ0v) is 8.93. The number of likely N-dealkylation sites (tertiary alicyclic amines) is 1. The maximum Gasteiger partial charge on any atom is 0.0169 e. The first kappa shape index (κ1) is 10.4. The van der Waals surface area contributed by atoms with Crippen LogP contribution in [0.3, 0.4) is 0 Å². The highest BCUT2D eigenvalue weighted by molar-refractivity contribution is 7.80. The van der Waals surface area contributed by atoms with E-state index in [-0.39, 0.29) is 6.04 Å². The quantitative estimate of drug-likeness (QED) is 0.646. The standard InChI is InChI=1S/C9H20N2S/c1-7(2)11-4-3-8(5-11)9(10)6-12/h7-9,12H,3-6,10H2,1-2H3. The predicted molar refractivity (Wildman–Crippen MR) is 56.6 cm³/mol. The number of hydrogen-bond donors (Lipinski definition) is 2. The molecular weight excluding hydrogens is 168 g/mol. The van der Waals surface area contributed by atoms with E-state index in [1.165, 1.54) is 19.5 Å². The molecule has 1 saturated heterocycles. The summed E-state index contributed by atoms with van der Waals surface area (Å²) in [5.41, 5.74) is 5.94. The van der Waals surface area contributed by atoms with Crippen molar-refractivity contribution in [1.29, 1.82) is 0 Å². The van der Waals surface area contributed by atoms with Crippen LogP contribution in [-0.4, -0.2) is 35.8 Å². The van der Waals surface area contributed by atoms with Crippen molar-refractivity contribution >= 4 is 12.6 Å². The van der Waals surface area contributed by atoms with E-state index in [2.05, 4.69) is 31.4 Å². The van der Waals surface area contributed by atoms with Gasteiger partial charge in [-0.25, -0.2) is 0 Å². The van der Waals surface area contributed by atoms with Crippen molar-refractivity contribution in [2.75, 3.05) is 18.8 Å². The van der Waals surface area contributed by atoms with Gasteiger partial charge < -0.3 is 10.6 Å². The molecule has 0 aromatic rings. The number of nitrogens with two attached hydrogens (primary N) is 1. The summed E-state index contributed by atoms with van der Waals surface area (Å²) in [6.07, 6.45) is 1.25. The summed E-state index contributed by atoms with van der Waals surface area (Å²) in [5, 5.41) is 0. The van der Waals surface area contributed by atoms with Crippen molar-refractivity contribution in [1.82, 2.24) is 4.90 Å². The second-order valence-corrected chi connectivity index (χ2v) is 4.35. The molecule has 1 rings (SSSR count). The van der Waals surface area contributed by atoms with E-state index in [9.17, 15) is 0 Å². The summed E-state index contributed by atoms with van der Waals surface area (Å²) < 4.78 is 0. The number of thiol groups is 1. The fourth-order valence-corrected chi connectivity index (χ4v) is 2.08. The van der Waals surface area contributed by atoms with E-state index >= 15 is 0 Å². The Morgan fingerprint density at radius 2 is 2.25 bits per heavy atom. The van der Waals surface area contributed by atoms with Gasteiger partial charge >= 0.3 is 0 Å². The smallest absolute Gasteiger partial charge is 0.0169 e. The molecule has 0 saturated carbocycles. The minimum absolute atomic E-state index is 0.289. The van der Waals surface area contributed by atoms with Crippen molar-refractivity contribution in [2.45, 2.75) is 32.4 Å². The molecule has 1 aliphatic rings. The summed E-state index contributed by atoms with van der Waals surface area (Å²) >= 11 is 4.23. The lowest BCUT2D eigenvalue weighted by Gasteiger charge is -2.22. The Balaban J connectivity index is 2.35. The molecule has 72 valence electrons. The van der Waals surface area contributed by atoms with Crippen LogP contribution in [0.5, 0.6) is 0 Å². The van der Waals surface area contributed by atoms with Crippen molar-refractivity contribution < 1.29 is 0 Å². The summed E-state index contributed by atoms with van der Waals surface area (Å²) in [7, 11) is 0. The maximum atomic E-state index is 5.94. The monoisotopic (exact) mass is 188 g/mol. The Morgan fingerprint density at radius 1 is 1.58 bits per heavy atom. The Labute approximate surface area is 80.9 Å². The van der Waals surface area contributed by atoms with Gasteiger partial charge in [0.25, 0.3) is 0 Å². The molecule has 2 unspecified atom stereocenters. The fourth-order valence-electron chi connectivity index (χ4n) is 1.78. The predicted octanol–water partition coefficient (Wildman–Crippen LogP) is 0.974. The zero-order chi connectivity index (χ0) is 9.14. The summed E-state index contributed by atoms with van der Waals surface area (Å²) in [4.78, 5) is 2.49. The Bertz CT molecular complexity index is 138. The molecule has 0 aliphatic carbocycles. The van der Waals surface area contributed by atoms with Gasteiger partial charge in [0.15, 0.2) is 0 Å². The van der Waals surface area contributed by atoms with Gasteiger partial charge in [0.1, 0.15) is 0 Å². The van der Waals surface area contributed by atoms with Gasteiger partial charge in [0, 0.05) is 24.4 Å². The molecule has 3 heteroatoms. The molecule has 1 aliphatic heterocycles. The van der Waals surface area contributed by atoms with Crippen LogP contribution >= 0.6 is 12.6 Å². The highest BCUT2D eigenvalue weighted by Gasteiger charge is 2.27. The van der Waals surface area contributed by atoms with Crippen molar-refractivity contribution in [3.05, 3.63) is 0 Å². The molecule has 1 fully saturated rings. The molecule has 0 spiro atoms. The second-order valence-electron chi connectivity index (χ2n) is 3.98. The highest BCUT2D eigenvalue weighted by Crippen LogP contribution is 2.20. The van der Waals surface area contributed by atoms with Gasteiger partial charge in [0.05, 0.1) is 0 Å².